The second-order valence-corrected chi connectivity index (χ2v) is 3.89. The first-order valence-electron chi connectivity index (χ1n) is 5.41. The quantitative estimate of drug-likeness (QED) is 0.853. The number of hydrogen-bond acceptors (Lipinski definition) is 3. The summed E-state index contributed by atoms with van der Waals surface area (Å²) in [5.41, 5.74) is 1.01. The molecule has 2 aromatic rings. The molecule has 1 aromatic carbocycles. The first-order chi connectivity index (χ1) is 7.79. The predicted octanol–water partition coefficient (Wildman–Crippen LogP) is 2.68. The van der Waals surface area contributed by atoms with Gasteiger partial charge in [0.15, 0.2) is 0 Å². The maximum Gasteiger partial charge on any atom is 0.126 e. The number of rotatable bonds is 4. The van der Waals surface area contributed by atoms with Crippen molar-refractivity contribution >= 4 is 16.7 Å². The molecule has 3 nitrogen and oxygen atoms in total. The Hall–Kier alpha value is -1.61. The van der Waals surface area contributed by atoms with Gasteiger partial charge >= 0.3 is 0 Å². The molecule has 2 rings (SSSR count). The summed E-state index contributed by atoms with van der Waals surface area (Å²) < 4.78 is 5.07. The van der Waals surface area contributed by atoms with E-state index >= 15 is 0 Å². The van der Waals surface area contributed by atoms with Gasteiger partial charge in [0.2, 0.25) is 0 Å². The number of ether oxygens (including phenoxy) is 1. The maximum atomic E-state index is 5.07. The number of pyridine rings is 1. The van der Waals surface area contributed by atoms with E-state index in [2.05, 4.69) is 29.4 Å². The molecule has 0 radical (unpaired) electrons. The smallest absolute Gasteiger partial charge is 0.126 e. The van der Waals surface area contributed by atoms with Crippen LogP contribution in [0.25, 0.3) is 10.9 Å². The summed E-state index contributed by atoms with van der Waals surface area (Å²) in [6.45, 7) is 2.74. The first kappa shape index (κ1) is 10.9. The molecule has 1 atom stereocenters. The molecule has 0 spiro atoms. The molecule has 1 aromatic heterocycles. The largest absolute Gasteiger partial charge is 0.383 e. The number of nitrogens with one attached hydrogen (secondary N) is 1. The van der Waals surface area contributed by atoms with Gasteiger partial charge in [-0.2, -0.15) is 0 Å². The molecule has 16 heavy (non-hydrogen) atoms. The Morgan fingerprint density at radius 2 is 2.06 bits per heavy atom. The Morgan fingerprint density at radius 1 is 1.25 bits per heavy atom. The average molecular weight is 216 g/mol. The molecule has 1 heterocycles. The molecule has 1 N–H and O–H groups in total. The van der Waals surface area contributed by atoms with Gasteiger partial charge in [-0.05, 0) is 25.1 Å². The summed E-state index contributed by atoms with van der Waals surface area (Å²) in [5, 5.41) is 4.46. The van der Waals surface area contributed by atoms with Crippen LogP contribution in [0.2, 0.25) is 0 Å². The summed E-state index contributed by atoms with van der Waals surface area (Å²) in [7, 11) is 1.70. The molecule has 0 aliphatic heterocycles. The number of hydrogen-bond donors (Lipinski definition) is 1. The van der Waals surface area contributed by atoms with Crippen LogP contribution < -0.4 is 5.32 Å². The van der Waals surface area contributed by atoms with Crippen molar-refractivity contribution in [1.29, 1.82) is 0 Å². The Kier molecular flexibility index (Phi) is 3.37. The van der Waals surface area contributed by atoms with Crippen molar-refractivity contribution in [3.8, 4) is 0 Å². The maximum absolute atomic E-state index is 5.07. The van der Waals surface area contributed by atoms with Crippen molar-refractivity contribution in [1.82, 2.24) is 4.98 Å². The highest BCUT2D eigenvalue weighted by Crippen LogP contribution is 2.14. The van der Waals surface area contributed by atoms with Gasteiger partial charge in [-0.3, -0.25) is 0 Å². The number of aromatic nitrogens is 1. The third kappa shape index (κ3) is 2.49. The monoisotopic (exact) mass is 216 g/mol. The van der Waals surface area contributed by atoms with Crippen LogP contribution in [0.5, 0.6) is 0 Å². The fourth-order valence-electron chi connectivity index (χ4n) is 1.69. The van der Waals surface area contributed by atoms with Gasteiger partial charge in [-0.15, -0.1) is 0 Å². The van der Waals surface area contributed by atoms with E-state index in [4.69, 9.17) is 4.74 Å². The number of para-hydroxylation sites is 1. The van der Waals surface area contributed by atoms with Crippen LogP contribution in [0.1, 0.15) is 6.92 Å². The van der Waals surface area contributed by atoms with Crippen LogP contribution in [0, 0.1) is 0 Å². The zero-order valence-corrected chi connectivity index (χ0v) is 9.60. The first-order valence-corrected chi connectivity index (χ1v) is 5.41. The molecule has 0 aliphatic rings. The van der Waals surface area contributed by atoms with E-state index < -0.39 is 0 Å². The lowest BCUT2D eigenvalue weighted by atomic mass is 10.2. The normalized spacial score (nSPS) is 12.6. The second kappa shape index (κ2) is 4.94. The second-order valence-electron chi connectivity index (χ2n) is 3.89. The SMILES string of the molecule is COCC(C)Nc1ccc2ccccc2n1. The molecule has 0 saturated heterocycles. The number of nitrogens with zero attached hydrogens (tertiary/aromatic N) is 1. The van der Waals surface area contributed by atoms with Gasteiger partial charge in [-0.1, -0.05) is 18.2 Å². The van der Waals surface area contributed by atoms with Crippen LogP contribution >= 0.6 is 0 Å². The van der Waals surface area contributed by atoms with E-state index in [9.17, 15) is 0 Å². The highest BCUT2D eigenvalue weighted by molar-refractivity contribution is 5.80. The molecule has 3 heteroatoms. The van der Waals surface area contributed by atoms with E-state index in [1.165, 1.54) is 0 Å². The molecule has 0 aliphatic carbocycles. The van der Waals surface area contributed by atoms with Crippen LogP contribution in [0.4, 0.5) is 5.82 Å². The van der Waals surface area contributed by atoms with Gasteiger partial charge in [0.1, 0.15) is 5.82 Å². The molecule has 1 unspecified atom stereocenters. The Labute approximate surface area is 95.5 Å². The van der Waals surface area contributed by atoms with Crippen molar-refractivity contribution in [3.63, 3.8) is 0 Å². The summed E-state index contributed by atoms with van der Waals surface area (Å²) in [6, 6.07) is 12.4. The van der Waals surface area contributed by atoms with Crippen molar-refractivity contribution in [3.05, 3.63) is 36.4 Å². The lowest BCUT2D eigenvalue weighted by molar-refractivity contribution is 0.190. The highest BCUT2D eigenvalue weighted by atomic mass is 16.5. The van der Waals surface area contributed by atoms with E-state index in [0.29, 0.717) is 6.61 Å². The zero-order valence-electron chi connectivity index (χ0n) is 9.60. The lowest BCUT2D eigenvalue weighted by Gasteiger charge is -2.13. The average Bonchev–Trinajstić information content (AvgIpc) is 2.29. The molecule has 84 valence electrons. The molecule has 0 bridgehead atoms. The standard InChI is InChI=1S/C13H16N2O/c1-10(9-16-2)14-13-8-7-11-5-3-4-6-12(11)15-13/h3-8,10H,9H2,1-2H3,(H,14,15). The predicted molar refractivity (Wildman–Crippen MR) is 66.7 cm³/mol. The summed E-state index contributed by atoms with van der Waals surface area (Å²) >= 11 is 0. The van der Waals surface area contributed by atoms with Crippen LogP contribution in [-0.4, -0.2) is 24.7 Å². The third-order valence-electron chi connectivity index (χ3n) is 2.41. The van der Waals surface area contributed by atoms with Crippen LogP contribution in [-0.2, 0) is 4.74 Å². The highest BCUT2D eigenvalue weighted by Gasteiger charge is 2.02. The van der Waals surface area contributed by atoms with Crippen molar-refractivity contribution in [2.75, 3.05) is 19.0 Å². The molecule has 0 saturated carbocycles. The van der Waals surface area contributed by atoms with Gasteiger partial charge in [-0.25, -0.2) is 4.98 Å². The fourth-order valence-corrected chi connectivity index (χ4v) is 1.69. The molecular weight excluding hydrogens is 200 g/mol. The number of anilines is 1. The van der Waals surface area contributed by atoms with Gasteiger partial charge in [0.25, 0.3) is 0 Å². The Morgan fingerprint density at radius 3 is 2.88 bits per heavy atom. The Balaban J connectivity index is 2.19. The van der Waals surface area contributed by atoms with Crippen molar-refractivity contribution < 1.29 is 4.74 Å². The molecule has 0 amide bonds. The summed E-state index contributed by atoms with van der Waals surface area (Å²) in [6.07, 6.45) is 0. The fraction of sp³-hybridized carbons (Fsp3) is 0.308. The van der Waals surface area contributed by atoms with Gasteiger partial charge in [0, 0.05) is 18.5 Å². The minimum absolute atomic E-state index is 0.263. The summed E-state index contributed by atoms with van der Waals surface area (Å²) in [4.78, 5) is 4.53. The van der Waals surface area contributed by atoms with Crippen molar-refractivity contribution in [2.45, 2.75) is 13.0 Å². The number of fused-ring (bicyclic) bond motifs is 1. The van der Waals surface area contributed by atoms with Crippen LogP contribution in [0.3, 0.4) is 0 Å². The molecular formula is C13H16N2O. The number of benzene rings is 1. The topological polar surface area (TPSA) is 34.1 Å². The van der Waals surface area contributed by atoms with Gasteiger partial charge in [0.05, 0.1) is 12.1 Å². The minimum atomic E-state index is 0.263. The molecule has 0 fully saturated rings. The summed E-state index contributed by atoms with van der Waals surface area (Å²) in [5.74, 6) is 0.892. The lowest BCUT2D eigenvalue weighted by Crippen LogP contribution is -2.21. The third-order valence-corrected chi connectivity index (χ3v) is 2.41. The van der Waals surface area contributed by atoms with Crippen molar-refractivity contribution in [2.24, 2.45) is 0 Å². The van der Waals surface area contributed by atoms with E-state index in [1.54, 1.807) is 7.11 Å². The zero-order chi connectivity index (χ0) is 11.4. The number of methoxy groups -OCH3 is 1. The Bertz CT molecular complexity index is 470. The van der Waals surface area contributed by atoms with E-state index in [-0.39, 0.29) is 6.04 Å². The minimum Gasteiger partial charge on any atom is -0.383 e. The van der Waals surface area contributed by atoms with E-state index in [1.807, 2.05) is 24.3 Å². The van der Waals surface area contributed by atoms with Gasteiger partial charge < -0.3 is 10.1 Å². The van der Waals surface area contributed by atoms with Crippen LogP contribution in [0.15, 0.2) is 36.4 Å². The van der Waals surface area contributed by atoms with E-state index in [0.717, 1.165) is 16.7 Å².